The van der Waals surface area contributed by atoms with Gasteiger partial charge in [-0.05, 0) is 23.8 Å². The molecule has 2 aromatic carbocycles. The largest absolute Gasteiger partial charge is 0.507 e. The minimum absolute atomic E-state index is 0.222. The van der Waals surface area contributed by atoms with Gasteiger partial charge >= 0.3 is 0 Å². The van der Waals surface area contributed by atoms with Crippen LogP contribution in [0.1, 0.15) is 15.9 Å². The van der Waals surface area contributed by atoms with E-state index in [1.807, 2.05) is 0 Å². The standard InChI is InChI=1S/C14H11ClFNO2/c15-8-9-4-1-2-6-11(9)17-14(19)13-10(16)5-3-7-12(13)18/h1-7,18H,8H2,(H,17,19). The van der Waals surface area contributed by atoms with Crippen LogP contribution in [0.3, 0.4) is 0 Å². The maximum absolute atomic E-state index is 13.5. The fourth-order valence-corrected chi connectivity index (χ4v) is 1.91. The Bertz CT molecular complexity index is 596. The molecule has 0 aliphatic carbocycles. The molecule has 0 fully saturated rings. The van der Waals surface area contributed by atoms with Crippen LogP contribution in [-0.4, -0.2) is 11.0 Å². The van der Waals surface area contributed by atoms with Crippen molar-refractivity contribution in [1.82, 2.24) is 0 Å². The quantitative estimate of drug-likeness (QED) is 0.845. The Balaban J connectivity index is 2.31. The first-order valence-electron chi connectivity index (χ1n) is 5.56. The Kier molecular flexibility index (Phi) is 4.02. The number of phenolic OH excluding ortho intramolecular Hbond substituents is 1. The van der Waals surface area contributed by atoms with Gasteiger partial charge in [-0.2, -0.15) is 0 Å². The van der Waals surface area contributed by atoms with E-state index in [9.17, 15) is 14.3 Å². The number of phenols is 1. The highest BCUT2D eigenvalue weighted by Gasteiger charge is 2.17. The first-order chi connectivity index (χ1) is 9.13. The Labute approximate surface area is 114 Å². The summed E-state index contributed by atoms with van der Waals surface area (Å²) in [4.78, 5) is 12.0. The maximum Gasteiger partial charge on any atom is 0.262 e. The van der Waals surface area contributed by atoms with Gasteiger partial charge < -0.3 is 10.4 Å². The molecule has 98 valence electrons. The van der Waals surface area contributed by atoms with Crippen LogP contribution >= 0.6 is 11.6 Å². The Morgan fingerprint density at radius 1 is 1.21 bits per heavy atom. The summed E-state index contributed by atoms with van der Waals surface area (Å²) in [6.07, 6.45) is 0. The smallest absolute Gasteiger partial charge is 0.262 e. The molecule has 0 unspecified atom stereocenters. The normalized spacial score (nSPS) is 10.2. The van der Waals surface area contributed by atoms with Crippen LogP contribution < -0.4 is 5.32 Å². The van der Waals surface area contributed by atoms with Gasteiger partial charge in [-0.3, -0.25) is 4.79 Å². The number of alkyl halides is 1. The van der Waals surface area contributed by atoms with Crippen molar-refractivity contribution >= 4 is 23.2 Å². The van der Waals surface area contributed by atoms with E-state index in [-0.39, 0.29) is 11.4 Å². The van der Waals surface area contributed by atoms with Crippen molar-refractivity contribution < 1.29 is 14.3 Å². The fraction of sp³-hybridized carbons (Fsp3) is 0.0714. The maximum atomic E-state index is 13.5. The van der Waals surface area contributed by atoms with Crippen LogP contribution in [0.25, 0.3) is 0 Å². The molecule has 2 aromatic rings. The van der Waals surface area contributed by atoms with E-state index in [1.54, 1.807) is 24.3 Å². The number of hydrogen-bond acceptors (Lipinski definition) is 2. The monoisotopic (exact) mass is 279 g/mol. The zero-order valence-corrected chi connectivity index (χ0v) is 10.6. The predicted octanol–water partition coefficient (Wildman–Crippen LogP) is 3.52. The van der Waals surface area contributed by atoms with E-state index in [0.717, 1.165) is 6.07 Å². The Morgan fingerprint density at radius 3 is 2.63 bits per heavy atom. The molecule has 0 aliphatic heterocycles. The molecule has 0 aliphatic rings. The van der Waals surface area contributed by atoms with E-state index in [4.69, 9.17) is 11.6 Å². The van der Waals surface area contributed by atoms with Gasteiger partial charge in [-0.15, -0.1) is 11.6 Å². The third-order valence-electron chi connectivity index (χ3n) is 2.63. The molecule has 5 heteroatoms. The third kappa shape index (κ3) is 2.85. The van der Waals surface area contributed by atoms with E-state index < -0.39 is 17.5 Å². The lowest BCUT2D eigenvalue weighted by Crippen LogP contribution is -2.15. The number of halogens is 2. The number of rotatable bonds is 3. The summed E-state index contributed by atoms with van der Waals surface area (Å²) in [5.41, 5.74) is 0.824. The van der Waals surface area contributed by atoms with Gasteiger partial charge in [0.25, 0.3) is 5.91 Å². The molecule has 0 heterocycles. The van der Waals surface area contributed by atoms with Gasteiger partial charge in [0, 0.05) is 11.6 Å². The molecule has 3 nitrogen and oxygen atoms in total. The van der Waals surface area contributed by atoms with Crippen LogP contribution in [-0.2, 0) is 5.88 Å². The SMILES string of the molecule is O=C(Nc1ccccc1CCl)c1c(O)cccc1F. The van der Waals surface area contributed by atoms with E-state index in [0.29, 0.717) is 11.3 Å². The number of benzene rings is 2. The minimum atomic E-state index is -0.777. The average molecular weight is 280 g/mol. The fourth-order valence-electron chi connectivity index (χ4n) is 1.68. The van der Waals surface area contributed by atoms with E-state index in [2.05, 4.69) is 5.32 Å². The molecule has 0 saturated carbocycles. The molecule has 0 atom stereocenters. The summed E-state index contributed by atoms with van der Waals surface area (Å²) >= 11 is 5.75. The summed E-state index contributed by atoms with van der Waals surface area (Å²) in [6, 6.07) is 10.6. The third-order valence-corrected chi connectivity index (χ3v) is 2.92. The number of aromatic hydroxyl groups is 1. The lowest BCUT2D eigenvalue weighted by Gasteiger charge is -2.10. The zero-order chi connectivity index (χ0) is 13.8. The van der Waals surface area contributed by atoms with Crippen molar-refractivity contribution in [1.29, 1.82) is 0 Å². The number of hydrogen-bond donors (Lipinski definition) is 2. The van der Waals surface area contributed by atoms with Gasteiger partial charge in [-0.25, -0.2) is 4.39 Å². The van der Waals surface area contributed by atoms with Crippen molar-refractivity contribution in [2.45, 2.75) is 5.88 Å². The van der Waals surface area contributed by atoms with Crippen LogP contribution in [0.15, 0.2) is 42.5 Å². The highest BCUT2D eigenvalue weighted by Crippen LogP contribution is 2.23. The first-order valence-corrected chi connectivity index (χ1v) is 6.09. The number of para-hydroxylation sites is 1. The van der Waals surface area contributed by atoms with Gasteiger partial charge in [0.1, 0.15) is 17.1 Å². The molecule has 1 amide bonds. The lowest BCUT2D eigenvalue weighted by atomic mass is 10.1. The lowest BCUT2D eigenvalue weighted by molar-refractivity contribution is 0.102. The molecule has 0 saturated heterocycles. The topological polar surface area (TPSA) is 49.3 Å². The molecule has 19 heavy (non-hydrogen) atoms. The molecule has 2 rings (SSSR count). The molecule has 0 spiro atoms. The predicted molar refractivity (Wildman–Crippen MR) is 72.0 cm³/mol. The highest BCUT2D eigenvalue weighted by molar-refractivity contribution is 6.17. The molecule has 0 radical (unpaired) electrons. The number of anilines is 1. The second kappa shape index (κ2) is 5.71. The van der Waals surface area contributed by atoms with Crippen molar-refractivity contribution in [3.8, 4) is 5.75 Å². The zero-order valence-electron chi connectivity index (χ0n) is 9.86. The highest BCUT2D eigenvalue weighted by atomic mass is 35.5. The van der Waals surface area contributed by atoms with Crippen molar-refractivity contribution in [3.05, 3.63) is 59.4 Å². The summed E-state index contributed by atoms with van der Waals surface area (Å²) in [5.74, 6) is -1.67. The summed E-state index contributed by atoms with van der Waals surface area (Å²) in [5, 5.41) is 12.1. The van der Waals surface area contributed by atoms with Gasteiger partial charge in [-0.1, -0.05) is 24.3 Å². The minimum Gasteiger partial charge on any atom is -0.507 e. The Morgan fingerprint density at radius 2 is 1.95 bits per heavy atom. The molecule has 2 N–H and O–H groups in total. The van der Waals surface area contributed by atoms with Crippen molar-refractivity contribution in [3.63, 3.8) is 0 Å². The number of carbonyl (C=O) groups excluding carboxylic acids is 1. The summed E-state index contributed by atoms with van der Waals surface area (Å²) in [7, 11) is 0. The van der Waals surface area contributed by atoms with Crippen LogP contribution in [0.2, 0.25) is 0 Å². The van der Waals surface area contributed by atoms with E-state index >= 15 is 0 Å². The van der Waals surface area contributed by atoms with Crippen molar-refractivity contribution in [2.75, 3.05) is 5.32 Å². The molecule has 0 bridgehead atoms. The number of amides is 1. The van der Waals surface area contributed by atoms with Gasteiger partial charge in [0.2, 0.25) is 0 Å². The summed E-state index contributed by atoms with van der Waals surface area (Å²) in [6.45, 7) is 0. The first kappa shape index (κ1) is 13.4. The number of carbonyl (C=O) groups is 1. The second-order valence-corrected chi connectivity index (χ2v) is 4.15. The molecule has 0 aromatic heterocycles. The second-order valence-electron chi connectivity index (χ2n) is 3.88. The molecular formula is C14H11ClFNO2. The van der Waals surface area contributed by atoms with Crippen LogP contribution in [0.5, 0.6) is 5.75 Å². The van der Waals surface area contributed by atoms with Gasteiger partial charge in [0.05, 0.1) is 0 Å². The van der Waals surface area contributed by atoms with Crippen LogP contribution in [0, 0.1) is 5.82 Å². The Hall–Kier alpha value is -2.07. The summed E-state index contributed by atoms with van der Waals surface area (Å²) < 4.78 is 13.5. The number of nitrogens with one attached hydrogen (secondary N) is 1. The van der Waals surface area contributed by atoms with Crippen molar-refractivity contribution in [2.24, 2.45) is 0 Å². The molecular weight excluding hydrogens is 269 g/mol. The van der Waals surface area contributed by atoms with Gasteiger partial charge in [0.15, 0.2) is 0 Å². The van der Waals surface area contributed by atoms with E-state index in [1.165, 1.54) is 12.1 Å². The van der Waals surface area contributed by atoms with Crippen LogP contribution in [0.4, 0.5) is 10.1 Å². The average Bonchev–Trinajstić information content (AvgIpc) is 2.39.